The van der Waals surface area contributed by atoms with Gasteiger partial charge < -0.3 is 0 Å². The van der Waals surface area contributed by atoms with Crippen LogP contribution in [0.25, 0.3) is 21.5 Å². The molecule has 0 heteroatoms. The summed E-state index contributed by atoms with van der Waals surface area (Å²) in [6.07, 6.45) is 5.84. The monoisotopic (exact) mass is 258 g/mol. The fourth-order valence-electron chi connectivity index (χ4n) is 3.69. The molecule has 0 aromatic heterocycles. The minimum Gasteiger partial charge on any atom is -0.102 e. The summed E-state index contributed by atoms with van der Waals surface area (Å²) in [6, 6.07) is 17.9. The van der Waals surface area contributed by atoms with Gasteiger partial charge in [-0.15, -0.1) is 6.58 Å². The molecule has 1 atom stereocenters. The summed E-state index contributed by atoms with van der Waals surface area (Å²) in [5, 5.41) is 5.53. The van der Waals surface area contributed by atoms with Gasteiger partial charge in [0, 0.05) is 5.92 Å². The lowest BCUT2D eigenvalue weighted by atomic mass is 9.80. The minimum absolute atomic E-state index is 0.537. The van der Waals surface area contributed by atoms with Crippen molar-refractivity contribution in [1.82, 2.24) is 0 Å². The standard InChI is InChI=1S/C20H18/c1-2-14-7-5-9-18-17(14)12-13-19-16-8-4-3-6-15(16)10-11-20(18)19/h2-4,6,8,10-14H,1,5,7,9H2. The molecule has 0 saturated heterocycles. The Kier molecular flexibility index (Phi) is 2.63. The first-order valence-corrected chi connectivity index (χ1v) is 7.44. The lowest BCUT2D eigenvalue weighted by molar-refractivity contribution is 0.633. The summed E-state index contributed by atoms with van der Waals surface area (Å²) in [7, 11) is 0. The van der Waals surface area contributed by atoms with Crippen molar-refractivity contribution in [2.75, 3.05) is 0 Å². The van der Waals surface area contributed by atoms with Crippen LogP contribution in [0.1, 0.15) is 29.9 Å². The third kappa shape index (κ3) is 1.61. The van der Waals surface area contributed by atoms with Crippen molar-refractivity contribution < 1.29 is 0 Å². The number of fused-ring (bicyclic) bond motifs is 5. The summed E-state index contributed by atoms with van der Waals surface area (Å²) >= 11 is 0. The van der Waals surface area contributed by atoms with Crippen LogP contribution in [0.5, 0.6) is 0 Å². The molecular formula is C20H18. The molecule has 1 aliphatic rings. The van der Waals surface area contributed by atoms with Gasteiger partial charge in [0.15, 0.2) is 0 Å². The first-order valence-electron chi connectivity index (χ1n) is 7.44. The maximum atomic E-state index is 4.01. The van der Waals surface area contributed by atoms with E-state index in [2.05, 4.69) is 61.2 Å². The SMILES string of the molecule is C=CC1CCCc2c1ccc1c2ccc2ccccc21. The Morgan fingerprint density at radius 2 is 1.75 bits per heavy atom. The molecule has 0 spiro atoms. The molecule has 0 fully saturated rings. The van der Waals surface area contributed by atoms with Crippen LogP contribution in [0.15, 0.2) is 61.2 Å². The molecule has 3 aromatic carbocycles. The van der Waals surface area contributed by atoms with Crippen LogP contribution in [-0.4, -0.2) is 0 Å². The molecule has 0 bridgehead atoms. The molecule has 0 N–H and O–H groups in total. The molecule has 0 radical (unpaired) electrons. The molecule has 0 saturated carbocycles. The molecule has 0 amide bonds. The fourth-order valence-corrected chi connectivity index (χ4v) is 3.69. The van der Waals surface area contributed by atoms with E-state index in [4.69, 9.17) is 0 Å². The van der Waals surface area contributed by atoms with Gasteiger partial charge in [0.05, 0.1) is 0 Å². The van der Waals surface area contributed by atoms with Crippen LogP contribution in [-0.2, 0) is 6.42 Å². The Morgan fingerprint density at radius 3 is 2.65 bits per heavy atom. The minimum atomic E-state index is 0.537. The molecule has 0 aliphatic heterocycles. The number of hydrogen-bond acceptors (Lipinski definition) is 0. The molecule has 1 unspecified atom stereocenters. The molecule has 1 aliphatic carbocycles. The maximum absolute atomic E-state index is 4.01. The van der Waals surface area contributed by atoms with E-state index >= 15 is 0 Å². The van der Waals surface area contributed by atoms with E-state index in [-0.39, 0.29) is 0 Å². The van der Waals surface area contributed by atoms with Gasteiger partial charge in [-0.25, -0.2) is 0 Å². The van der Waals surface area contributed by atoms with E-state index in [9.17, 15) is 0 Å². The van der Waals surface area contributed by atoms with Crippen LogP contribution in [0.4, 0.5) is 0 Å². The van der Waals surface area contributed by atoms with E-state index in [0.29, 0.717) is 5.92 Å². The largest absolute Gasteiger partial charge is 0.102 e. The number of hydrogen-bond donors (Lipinski definition) is 0. The van der Waals surface area contributed by atoms with Gasteiger partial charge in [0.25, 0.3) is 0 Å². The average molecular weight is 258 g/mol. The van der Waals surface area contributed by atoms with Gasteiger partial charge in [-0.2, -0.15) is 0 Å². The lowest BCUT2D eigenvalue weighted by Crippen LogP contribution is -2.08. The highest BCUT2D eigenvalue weighted by molar-refractivity contribution is 6.08. The quantitative estimate of drug-likeness (QED) is 0.394. The zero-order chi connectivity index (χ0) is 13.5. The second kappa shape index (κ2) is 4.49. The number of allylic oxidation sites excluding steroid dienone is 1. The summed E-state index contributed by atoms with van der Waals surface area (Å²) in [5.41, 5.74) is 3.04. The highest BCUT2D eigenvalue weighted by Gasteiger charge is 2.19. The van der Waals surface area contributed by atoms with Crippen molar-refractivity contribution in [3.63, 3.8) is 0 Å². The molecule has 3 aromatic rings. The Morgan fingerprint density at radius 1 is 0.900 bits per heavy atom. The zero-order valence-corrected chi connectivity index (χ0v) is 11.6. The third-order valence-corrected chi connectivity index (χ3v) is 4.70. The topological polar surface area (TPSA) is 0 Å². The normalized spacial score (nSPS) is 18.1. The summed E-state index contributed by atoms with van der Waals surface area (Å²) in [5.74, 6) is 0.537. The molecular weight excluding hydrogens is 240 g/mol. The summed E-state index contributed by atoms with van der Waals surface area (Å²) < 4.78 is 0. The van der Waals surface area contributed by atoms with Crippen molar-refractivity contribution in [2.24, 2.45) is 0 Å². The number of aryl methyl sites for hydroxylation is 1. The van der Waals surface area contributed by atoms with Gasteiger partial charge in [-0.1, -0.05) is 54.6 Å². The second-order valence-corrected chi connectivity index (χ2v) is 5.75. The smallest absolute Gasteiger partial charge is 0.00183 e. The van der Waals surface area contributed by atoms with E-state index in [1.807, 2.05) is 0 Å². The van der Waals surface area contributed by atoms with E-state index in [1.54, 1.807) is 5.56 Å². The van der Waals surface area contributed by atoms with Crippen molar-refractivity contribution >= 4 is 21.5 Å². The molecule has 20 heavy (non-hydrogen) atoms. The lowest BCUT2D eigenvalue weighted by Gasteiger charge is -2.24. The fraction of sp³-hybridized carbons (Fsp3) is 0.200. The van der Waals surface area contributed by atoms with Crippen molar-refractivity contribution in [1.29, 1.82) is 0 Å². The predicted octanol–water partition coefficient (Wildman–Crippen LogP) is 5.60. The number of rotatable bonds is 1. The highest BCUT2D eigenvalue weighted by atomic mass is 14.2. The maximum Gasteiger partial charge on any atom is 0.00183 e. The number of benzene rings is 3. The average Bonchev–Trinajstić information content (AvgIpc) is 2.53. The zero-order valence-electron chi connectivity index (χ0n) is 11.6. The van der Waals surface area contributed by atoms with E-state index in [0.717, 1.165) is 0 Å². The Labute approximate surface area is 119 Å². The van der Waals surface area contributed by atoms with Crippen LogP contribution >= 0.6 is 0 Å². The van der Waals surface area contributed by atoms with E-state index < -0.39 is 0 Å². The van der Waals surface area contributed by atoms with Gasteiger partial charge in [0.2, 0.25) is 0 Å². The first-order chi connectivity index (χ1) is 9.88. The molecule has 4 rings (SSSR count). The van der Waals surface area contributed by atoms with Gasteiger partial charge in [-0.3, -0.25) is 0 Å². The molecule has 0 heterocycles. The Hall–Kier alpha value is -2.08. The summed E-state index contributed by atoms with van der Waals surface area (Å²) in [6.45, 7) is 4.01. The van der Waals surface area contributed by atoms with Crippen molar-refractivity contribution in [3.05, 3.63) is 72.3 Å². The van der Waals surface area contributed by atoms with Crippen LogP contribution < -0.4 is 0 Å². The predicted molar refractivity (Wildman–Crippen MR) is 87.3 cm³/mol. The van der Waals surface area contributed by atoms with Crippen LogP contribution in [0.2, 0.25) is 0 Å². The Balaban J connectivity index is 2.09. The third-order valence-electron chi connectivity index (χ3n) is 4.70. The van der Waals surface area contributed by atoms with E-state index in [1.165, 1.54) is 46.4 Å². The van der Waals surface area contributed by atoms with Gasteiger partial charge >= 0.3 is 0 Å². The van der Waals surface area contributed by atoms with Crippen molar-refractivity contribution in [3.8, 4) is 0 Å². The van der Waals surface area contributed by atoms with Gasteiger partial charge in [0.1, 0.15) is 0 Å². The first kappa shape index (κ1) is 11.7. The molecule has 98 valence electrons. The summed E-state index contributed by atoms with van der Waals surface area (Å²) in [4.78, 5) is 0. The molecule has 0 nitrogen and oxygen atoms in total. The second-order valence-electron chi connectivity index (χ2n) is 5.75. The van der Waals surface area contributed by atoms with Crippen LogP contribution in [0.3, 0.4) is 0 Å². The van der Waals surface area contributed by atoms with Crippen LogP contribution in [0, 0.1) is 0 Å². The van der Waals surface area contributed by atoms with Crippen molar-refractivity contribution in [2.45, 2.75) is 25.2 Å². The van der Waals surface area contributed by atoms with Gasteiger partial charge in [-0.05, 0) is 51.9 Å². The Bertz CT molecular complexity index is 811. The highest BCUT2D eigenvalue weighted by Crippen LogP contribution is 2.38.